The Morgan fingerprint density at radius 3 is 2.90 bits per heavy atom. The number of H-pyrrole nitrogens is 1. The molecule has 0 fully saturated rings. The van der Waals surface area contributed by atoms with Gasteiger partial charge in [-0.25, -0.2) is 0 Å². The zero-order valence-corrected chi connectivity index (χ0v) is 12.2. The summed E-state index contributed by atoms with van der Waals surface area (Å²) in [6.07, 6.45) is 1.72. The van der Waals surface area contributed by atoms with E-state index in [1.165, 1.54) is 0 Å². The van der Waals surface area contributed by atoms with Crippen LogP contribution < -0.4 is 10.6 Å². The maximum Gasteiger partial charge on any atom is 0.226 e. The number of anilines is 2. The summed E-state index contributed by atoms with van der Waals surface area (Å²) in [6.45, 7) is 9.18. The first kappa shape index (κ1) is 14.5. The molecule has 0 aliphatic rings. The molecule has 0 saturated carbocycles. The van der Waals surface area contributed by atoms with Crippen molar-refractivity contribution in [3.63, 3.8) is 0 Å². The lowest BCUT2D eigenvalue weighted by Crippen LogP contribution is -2.14. The van der Waals surface area contributed by atoms with E-state index in [-0.39, 0.29) is 0 Å². The van der Waals surface area contributed by atoms with Crippen molar-refractivity contribution < 1.29 is 4.74 Å². The molecule has 0 amide bonds. The van der Waals surface area contributed by atoms with Gasteiger partial charge in [0.25, 0.3) is 0 Å². The lowest BCUT2D eigenvalue weighted by molar-refractivity contribution is 0.118. The van der Waals surface area contributed by atoms with Crippen molar-refractivity contribution in [2.24, 2.45) is 5.92 Å². The zero-order valence-electron chi connectivity index (χ0n) is 12.2. The van der Waals surface area contributed by atoms with Crippen LogP contribution in [0.15, 0.2) is 6.20 Å². The number of aromatic amines is 1. The quantitative estimate of drug-likeness (QED) is 0.639. The van der Waals surface area contributed by atoms with E-state index in [4.69, 9.17) is 4.74 Å². The second kappa shape index (κ2) is 7.04. The van der Waals surface area contributed by atoms with Crippen LogP contribution in [-0.4, -0.2) is 46.5 Å². The highest BCUT2D eigenvalue weighted by molar-refractivity contribution is 5.86. The van der Waals surface area contributed by atoms with Crippen molar-refractivity contribution >= 4 is 22.8 Å². The Balaban J connectivity index is 1.98. The summed E-state index contributed by atoms with van der Waals surface area (Å²) >= 11 is 0. The Bertz CT molecular complexity index is 539. The number of hydrogen-bond donors (Lipinski definition) is 3. The molecule has 7 nitrogen and oxygen atoms in total. The monoisotopic (exact) mass is 278 g/mol. The molecular weight excluding hydrogens is 256 g/mol. The van der Waals surface area contributed by atoms with Crippen molar-refractivity contribution in [2.45, 2.75) is 20.8 Å². The lowest BCUT2D eigenvalue weighted by Gasteiger charge is -2.10. The second-order valence-electron chi connectivity index (χ2n) is 4.95. The van der Waals surface area contributed by atoms with E-state index in [2.05, 4.69) is 44.6 Å². The van der Waals surface area contributed by atoms with Crippen molar-refractivity contribution in [3.05, 3.63) is 6.20 Å². The Kier molecular flexibility index (Phi) is 5.11. The van der Waals surface area contributed by atoms with Crippen LogP contribution in [0.25, 0.3) is 11.0 Å². The molecule has 2 aromatic heterocycles. The summed E-state index contributed by atoms with van der Waals surface area (Å²) in [5.74, 6) is 1.91. The molecule has 3 N–H and O–H groups in total. The lowest BCUT2D eigenvalue weighted by atomic mass is 10.2. The summed E-state index contributed by atoms with van der Waals surface area (Å²) < 4.78 is 5.54. The van der Waals surface area contributed by atoms with Crippen molar-refractivity contribution in [2.75, 3.05) is 36.9 Å². The summed E-state index contributed by atoms with van der Waals surface area (Å²) in [6, 6.07) is 0. The fourth-order valence-corrected chi connectivity index (χ4v) is 1.77. The Morgan fingerprint density at radius 1 is 1.30 bits per heavy atom. The van der Waals surface area contributed by atoms with Gasteiger partial charge in [-0.3, -0.25) is 5.10 Å². The summed E-state index contributed by atoms with van der Waals surface area (Å²) in [5.41, 5.74) is 0.724. The van der Waals surface area contributed by atoms with Crippen LogP contribution in [0.1, 0.15) is 20.8 Å². The average Bonchev–Trinajstić information content (AvgIpc) is 2.86. The largest absolute Gasteiger partial charge is 0.379 e. The van der Waals surface area contributed by atoms with Gasteiger partial charge < -0.3 is 15.4 Å². The molecule has 0 aliphatic heterocycles. The molecule has 2 aromatic rings. The summed E-state index contributed by atoms with van der Waals surface area (Å²) in [7, 11) is 0. The molecule has 0 bridgehead atoms. The molecule has 0 saturated heterocycles. The zero-order chi connectivity index (χ0) is 14.4. The first-order chi connectivity index (χ1) is 9.70. The fraction of sp³-hybridized carbons (Fsp3) is 0.615. The Hall–Kier alpha value is -1.89. The summed E-state index contributed by atoms with van der Waals surface area (Å²) in [4.78, 5) is 8.79. The highest BCUT2D eigenvalue weighted by Crippen LogP contribution is 2.19. The Labute approximate surface area is 118 Å². The minimum atomic E-state index is 0.551. The molecular formula is C13H22N6O. The van der Waals surface area contributed by atoms with Gasteiger partial charge in [-0.2, -0.15) is 15.1 Å². The molecule has 110 valence electrons. The molecule has 0 unspecified atom stereocenters. The van der Waals surface area contributed by atoms with E-state index < -0.39 is 0 Å². The number of nitrogens with one attached hydrogen (secondary N) is 3. The Morgan fingerprint density at radius 2 is 2.15 bits per heavy atom. The molecule has 2 heterocycles. The first-order valence-corrected chi connectivity index (χ1v) is 6.97. The van der Waals surface area contributed by atoms with Gasteiger partial charge in [0, 0.05) is 19.7 Å². The number of aromatic nitrogens is 4. The topological polar surface area (TPSA) is 87.8 Å². The molecule has 2 rings (SSSR count). The maximum atomic E-state index is 5.54. The molecule has 7 heteroatoms. The minimum absolute atomic E-state index is 0.551. The van der Waals surface area contributed by atoms with Gasteiger partial charge in [0.15, 0.2) is 5.65 Å². The number of ether oxygens (including phenoxy) is 1. The predicted octanol–water partition coefficient (Wildman–Crippen LogP) is 1.87. The number of nitrogens with zero attached hydrogens (tertiary/aromatic N) is 3. The third-order valence-electron chi connectivity index (χ3n) is 2.63. The van der Waals surface area contributed by atoms with Gasteiger partial charge in [0.05, 0.1) is 18.2 Å². The van der Waals surface area contributed by atoms with E-state index >= 15 is 0 Å². The van der Waals surface area contributed by atoms with Crippen LogP contribution in [0.4, 0.5) is 11.8 Å². The highest BCUT2D eigenvalue weighted by Gasteiger charge is 2.08. The van der Waals surface area contributed by atoms with Crippen LogP contribution in [0.2, 0.25) is 0 Å². The van der Waals surface area contributed by atoms with Gasteiger partial charge in [-0.15, -0.1) is 0 Å². The summed E-state index contributed by atoms with van der Waals surface area (Å²) in [5, 5.41) is 14.1. The van der Waals surface area contributed by atoms with Gasteiger partial charge in [-0.1, -0.05) is 13.8 Å². The molecule has 0 aromatic carbocycles. The standard InChI is InChI=1S/C13H22N6O/c1-4-14-13-17-11(10-7-16-19-12(10)18-13)15-5-6-20-8-9(2)3/h7,9H,4-6,8H2,1-3H3,(H3,14,15,16,17,18,19). The smallest absolute Gasteiger partial charge is 0.226 e. The minimum Gasteiger partial charge on any atom is -0.379 e. The number of fused-ring (bicyclic) bond motifs is 1. The highest BCUT2D eigenvalue weighted by atomic mass is 16.5. The van der Waals surface area contributed by atoms with Crippen molar-refractivity contribution in [1.82, 2.24) is 20.2 Å². The maximum absolute atomic E-state index is 5.54. The van der Waals surface area contributed by atoms with E-state index in [0.29, 0.717) is 25.0 Å². The van der Waals surface area contributed by atoms with Crippen LogP contribution in [-0.2, 0) is 4.74 Å². The van der Waals surface area contributed by atoms with Gasteiger partial charge in [0.1, 0.15) is 5.82 Å². The average molecular weight is 278 g/mol. The SMILES string of the molecule is CCNc1nc(NCCOCC(C)C)c2cn[nH]c2n1. The molecule has 0 radical (unpaired) electrons. The normalized spacial score (nSPS) is 11.2. The van der Waals surface area contributed by atoms with Gasteiger partial charge in [-0.05, 0) is 12.8 Å². The van der Waals surface area contributed by atoms with Gasteiger partial charge in [0.2, 0.25) is 5.95 Å². The molecule has 0 atom stereocenters. The predicted molar refractivity (Wildman–Crippen MR) is 80.0 cm³/mol. The van der Waals surface area contributed by atoms with Crippen LogP contribution in [0.3, 0.4) is 0 Å². The first-order valence-electron chi connectivity index (χ1n) is 6.97. The van der Waals surface area contributed by atoms with Crippen molar-refractivity contribution in [1.29, 1.82) is 0 Å². The van der Waals surface area contributed by atoms with E-state index in [0.717, 1.165) is 30.0 Å². The second-order valence-corrected chi connectivity index (χ2v) is 4.95. The third-order valence-corrected chi connectivity index (χ3v) is 2.63. The molecule has 20 heavy (non-hydrogen) atoms. The van der Waals surface area contributed by atoms with Crippen LogP contribution in [0, 0.1) is 5.92 Å². The van der Waals surface area contributed by atoms with E-state index in [9.17, 15) is 0 Å². The third kappa shape index (κ3) is 3.80. The van der Waals surface area contributed by atoms with Crippen LogP contribution in [0.5, 0.6) is 0 Å². The van der Waals surface area contributed by atoms with Gasteiger partial charge >= 0.3 is 0 Å². The van der Waals surface area contributed by atoms with Crippen LogP contribution >= 0.6 is 0 Å². The fourth-order valence-electron chi connectivity index (χ4n) is 1.77. The molecule has 0 aliphatic carbocycles. The number of rotatable bonds is 8. The number of hydrogen-bond acceptors (Lipinski definition) is 6. The van der Waals surface area contributed by atoms with Crippen molar-refractivity contribution in [3.8, 4) is 0 Å². The van der Waals surface area contributed by atoms with E-state index in [1.807, 2.05) is 6.92 Å². The van der Waals surface area contributed by atoms with E-state index in [1.54, 1.807) is 6.20 Å². The molecule has 0 spiro atoms.